The molecule has 6 heteroatoms. The number of amides is 1. The molecule has 5 nitrogen and oxygen atoms in total. The van der Waals surface area contributed by atoms with Gasteiger partial charge in [-0.2, -0.15) is 8.42 Å². The van der Waals surface area contributed by atoms with Crippen molar-refractivity contribution in [2.24, 2.45) is 0 Å². The highest BCUT2D eigenvalue weighted by Gasteiger charge is 2.07. The summed E-state index contributed by atoms with van der Waals surface area (Å²) in [5.41, 5.74) is 0. The summed E-state index contributed by atoms with van der Waals surface area (Å²) in [6, 6.07) is 0. The molecule has 0 aromatic rings. The minimum absolute atomic E-state index is 0.0576. The Morgan fingerprint density at radius 1 is 1.05 bits per heavy atom. The number of rotatable bonds is 13. The number of hydrogen-bond acceptors (Lipinski definition) is 3. The van der Waals surface area contributed by atoms with E-state index in [9.17, 15) is 13.2 Å². The molecule has 0 aliphatic rings. The first-order valence-electron chi connectivity index (χ1n) is 8.23. The Hall–Kier alpha value is -0.880. The van der Waals surface area contributed by atoms with E-state index in [-0.39, 0.29) is 11.7 Å². The largest absolute Gasteiger partial charge is 0.342 e. The average Bonchev–Trinajstić information content (AvgIpc) is 2.45. The van der Waals surface area contributed by atoms with Crippen LogP contribution in [-0.4, -0.2) is 43.1 Å². The summed E-state index contributed by atoms with van der Waals surface area (Å²) < 4.78 is 29.7. The number of carbonyl (C=O) groups is 1. The number of allylic oxidation sites excluding steroid dienone is 1. The summed E-state index contributed by atoms with van der Waals surface area (Å²) in [7, 11) is -2.19. The van der Waals surface area contributed by atoms with Crippen molar-refractivity contribution in [3.05, 3.63) is 12.2 Å². The highest BCUT2D eigenvalue weighted by atomic mass is 32.2. The van der Waals surface area contributed by atoms with E-state index < -0.39 is 10.1 Å². The smallest absolute Gasteiger partial charge is 0.264 e. The van der Waals surface area contributed by atoms with Gasteiger partial charge in [-0.25, -0.2) is 0 Å². The summed E-state index contributed by atoms with van der Waals surface area (Å²) in [5.74, 6) is -0.305. The highest BCUT2D eigenvalue weighted by Crippen LogP contribution is 2.07. The highest BCUT2D eigenvalue weighted by molar-refractivity contribution is 7.85. The molecule has 0 aromatic carbocycles. The van der Waals surface area contributed by atoms with Gasteiger partial charge in [0.2, 0.25) is 5.91 Å². The van der Waals surface area contributed by atoms with E-state index in [4.69, 9.17) is 4.55 Å². The average molecular weight is 333 g/mol. The summed E-state index contributed by atoms with van der Waals surface area (Å²) in [6.45, 7) is 2.70. The lowest BCUT2D eigenvalue weighted by molar-refractivity contribution is -0.124. The van der Waals surface area contributed by atoms with Crippen molar-refractivity contribution in [2.45, 2.75) is 64.7 Å². The Morgan fingerprint density at radius 2 is 1.68 bits per heavy atom. The van der Waals surface area contributed by atoms with Gasteiger partial charge in [0, 0.05) is 13.6 Å². The molecule has 1 amide bonds. The van der Waals surface area contributed by atoms with Crippen LogP contribution < -0.4 is 0 Å². The van der Waals surface area contributed by atoms with Crippen LogP contribution in [0, 0.1) is 0 Å². The van der Waals surface area contributed by atoms with Crippen molar-refractivity contribution in [3.63, 3.8) is 0 Å². The Bertz CT molecular complexity index is 418. The standard InChI is InChI=1S/C16H31NO4S/c1-3-4-5-6-7-8-9-10-13-16(18)17(2)14-11-12-15-22(19,20)21/h10,13H,3-9,11-12,14-15H2,1-2H3,(H,19,20,21)/b13-10+. The topological polar surface area (TPSA) is 74.7 Å². The summed E-state index contributed by atoms with van der Waals surface area (Å²) in [4.78, 5) is 13.4. The predicted octanol–water partition coefficient (Wildman–Crippen LogP) is 3.42. The number of nitrogens with zero attached hydrogens (tertiary/aromatic N) is 1. The molecule has 0 fully saturated rings. The van der Waals surface area contributed by atoms with Crippen LogP contribution in [0.4, 0.5) is 0 Å². The molecular formula is C16H31NO4S. The van der Waals surface area contributed by atoms with Gasteiger partial charge in [0.15, 0.2) is 0 Å². The molecule has 0 saturated carbocycles. The molecule has 0 saturated heterocycles. The van der Waals surface area contributed by atoms with Crippen LogP contribution in [0.2, 0.25) is 0 Å². The quantitative estimate of drug-likeness (QED) is 0.318. The van der Waals surface area contributed by atoms with Crippen LogP contribution in [0.25, 0.3) is 0 Å². The van der Waals surface area contributed by atoms with Gasteiger partial charge >= 0.3 is 0 Å². The molecule has 1 N–H and O–H groups in total. The third-order valence-corrected chi connectivity index (χ3v) is 4.31. The molecule has 0 rings (SSSR count). The molecule has 0 spiro atoms. The zero-order chi connectivity index (χ0) is 16.8. The lowest BCUT2D eigenvalue weighted by Gasteiger charge is -2.14. The fraction of sp³-hybridized carbons (Fsp3) is 0.812. The summed E-state index contributed by atoms with van der Waals surface area (Å²) >= 11 is 0. The van der Waals surface area contributed by atoms with E-state index in [1.165, 1.54) is 32.1 Å². The van der Waals surface area contributed by atoms with Gasteiger partial charge in [-0.1, -0.05) is 45.1 Å². The molecular weight excluding hydrogens is 302 g/mol. The maximum Gasteiger partial charge on any atom is 0.264 e. The van der Waals surface area contributed by atoms with Crippen LogP contribution in [-0.2, 0) is 14.9 Å². The number of likely N-dealkylation sites (N-methyl/N-ethyl adjacent to an activating group) is 1. The van der Waals surface area contributed by atoms with Crippen LogP contribution >= 0.6 is 0 Å². The van der Waals surface area contributed by atoms with E-state index in [0.717, 1.165) is 12.8 Å². The van der Waals surface area contributed by atoms with E-state index in [0.29, 0.717) is 19.4 Å². The maximum atomic E-state index is 11.8. The monoisotopic (exact) mass is 333 g/mol. The lowest BCUT2D eigenvalue weighted by atomic mass is 10.1. The van der Waals surface area contributed by atoms with Gasteiger partial charge in [0.05, 0.1) is 5.75 Å². The Morgan fingerprint density at radius 3 is 2.32 bits per heavy atom. The fourth-order valence-corrected chi connectivity index (χ4v) is 2.67. The molecule has 130 valence electrons. The fourth-order valence-electron chi connectivity index (χ4n) is 2.10. The third-order valence-electron chi connectivity index (χ3n) is 3.51. The molecule has 0 radical (unpaired) electrons. The first-order valence-corrected chi connectivity index (χ1v) is 9.84. The van der Waals surface area contributed by atoms with E-state index in [1.54, 1.807) is 18.0 Å². The lowest BCUT2D eigenvalue weighted by Crippen LogP contribution is -2.26. The van der Waals surface area contributed by atoms with Crippen LogP contribution in [0.3, 0.4) is 0 Å². The normalized spacial score (nSPS) is 12.0. The molecule has 0 aliphatic carbocycles. The van der Waals surface area contributed by atoms with Gasteiger partial charge < -0.3 is 4.90 Å². The Kier molecular flexibility index (Phi) is 12.1. The van der Waals surface area contributed by atoms with Gasteiger partial charge in [0.25, 0.3) is 10.1 Å². The van der Waals surface area contributed by atoms with Crippen LogP contribution in [0.15, 0.2) is 12.2 Å². The number of unbranched alkanes of at least 4 members (excludes halogenated alkanes) is 7. The molecule has 0 atom stereocenters. The zero-order valence-electron chi connectivity index (χ0n) is 14.0. The van der Waals surface area contributed by atoms with E-state index in [1.807, 2.05) is 6.08 Å². The molecule has 0 unspecified atom stereocenters. The molecule has 0 heterocycles. The van der Waals surface area contributed by atoms with Crippen LogP contribution in [0.5, 0.6) is 0 Å². The van der Waals surface area contributed by atoms with Crippen molar-refractivity contribution in [2.75, 3.05) is 19.3 Å². The Balaban J connectivity index is 3.66. The van der Waals surface area contributed by atoms with Gasteiger partial charge in [-0.15, -0.1) is 0 Å². The summed E-state index contributed by atoms with van der Waals surface area (Å²) in [6.07, 6.45) is 12.8. The number of hydrogen-bond donors (Lipinski definition) is 1. The third kappa shape index (κ3) is 14.1. The zero-order valence-corrected chi connectivity index (χ0v) is 14.8. The predicted molar refractivity (Wildman–Crippen MR) is 90.4 cm³/mol. The van der Waals surface area contributed by atoms with Gasteiger partial charge in [-0.05, 0) is 31.8 Å². The second-order valence-corrected chi connectivity index (χ2v) is 7.28. The molecule has 0 aromatic heterocycles. The van der Waals surface area contributed by atoms with Crippen molar-refractivity contribution in [1.29, 1.82) is 0 Å². The van der Waals surface area contributed by atoms with Crippen molar-refractivity contribution in [1.82, 2.24) is 4.90 Å². The molecule has 0 bridgehead atoms. The second-order valence-electron chi connectivity index (χ2n) is 5.71. The minimum atomic E-state index is -3.89. The first-order chi connectivity index (χ1) is 10.4. The van der Waals surface area contributed by atoms with Crippen molar-refractivity contribution >= 4 is 16.0 Å². The second kappa shape index (κ2) is 12.6. The maximum absolute atomic E-state index is 11.8. The first kappa shape index (κ1) is 21.1. The molecule has 0 aliphatic heterocycles. The number of carbonyl (C=O) groups excluding carboxylic acids is 1. The van der Waals surface area contributed by atoms with E-state index in [2.05, 4.69) is 6.92 Å². The van der Waals surface area contributed by atoms with Gasteiger partial charge in [-0.3, -0.25) is 9.35 Å². The summed E-state index contributed by atoms with van der Waals surface area (Å²) in [5, 5.41) is 0. The van der Waals surface area contributed by atoms with Crippen molar-refractivity contribution < 1.29 is 17.8 Å². The van der Waals surface area contributed by atoms with E-state index >= 15 is 0 Å². The minimum Gasteiger partial charge on any atom is -0.342 e. The van der Waals surface area contributed by atoms with Crippen LogP contribution in [0.1, 0.15) is 64.7 Å². The molecule has 22 heavy (non-hydrogen) atoms. The SMILES string of the molecule is CCCCCCCC/C=C/C(=O)N(C)CCCCS(=O)(=O)O. The Labute approximate surface area is 135 Å². The van der Waals surface area contributed by atoms with Crippen molar-refractivity contribution in [3.8, 4) is 0 Å². The van der Waals surface area contributed by atoms with Gasteiger partial charge in [0.1, 0.15) is 0 Å².